The van der Waals surface area contributed by atoms with Gasteiger partial charge in [-0.25, -0.2) is 0 Å². The summed E-state index contributed by atoms with van der Waals surface area (Å²) in [7, 11) is 0. The number of carbonyl (C=O) groups is 1. The lowest BCUT2D eigenvalue weighted by atomic mass is 10.1. The normalized spacial score (nSPS) is 12.8. The first kappa shape index (κ1) is 16.9. The van der Waals surface area contributed by atoms with E-state index in [9.17, 15) is 18.0 Å². The first-order chi connectivity index (χ1) is 11.9. The third-order valence-corrected chi connectivity index (χ3v) is 3.60. The summed E-state index contributed by atoms with van der Waals surface area (Å²) in [5, 5.41) is 5.16. The fourth-order valence-corrected chi connectivity index (χ4v) is 2.37. The fourth-order valence-electron chi connectivity index (χ4n) is 2.37. The van der Waals surface area contributed by atoms with Gasteiger partial charge in [-0.05, 0) is 29.8 Å². The lowest BCUT2D eigenvalue weighted by molar-refractivity contribution is -0.137. The van der Waals surface area contributed by atoms with Gasteiger partial charge in [-0.3, -0.25) is 4.79 Å². The first-order valence-corrected chi connectivity index (χ1v) is 7.49. The zero-order chi connectivity index (χ0) is 17.9. The number of fused-ring (bicyclic) bond motifs is 1. The lowest BCUT2D eigenvalue weighted by Gasteiger charge is -2.14. The average Bonchev–Trinajstić information content (AvgIpc) is 3.05. The number of alkyl halides is 3. The smallest absolute Gasteiger partial charge is 0.418 e. The van der Waals surface area contributed by atoms with E-state index in [1.165, 1.54) is 18.2 Å². The van der Waals surface area contributed by atoms with Crippen LogP contribution in [0.5, 0.6) is 11.5 Å². The molecular weight excluding hydrogens is 337 g/mol. The van der Waals surface area contributed by atoms with Crippen LogP contribution in [-0.4, -0.2) is 19.2 Å². The van der Waals surface area contributed by atoms with E-state index in [4.69, 9.17) is 9.47 Å². The van der Waals surface area contributed by atoms with Gasteiger partial charge in [-0.15, -0.1) is 0 Å². The summed E-state index contributed by atoms with van der Waals surface area (Å²) in [4.78, 5) is 11.9. The first-order valence-electron chi connectivity index (χ1n) is 7.49. The third kappa shape index (κ3) is 4.14. The van der Waals surface area contributed by atoms with Crippen molar-refractivity contribution >= 4 is 11.6 Å². The highest BCUT2D eigenvalue weighted by Gasteiger charge is 2.33. The van der Waals surface area contributed by atoms with E-state index in [0.717, 1.165) is 11.6 Å². The highest BCUT2D eigenvalue weighted by molar-refractivity contribution is 5.81. The molecule has 0 spiro atoms. The minimum Gasteiger partial charge on any atom is -0.454 e. The van der Waals surface area contributed by atoms with E-state index in [-0.39, 0.29) is 25.6 Å². The van der Waals surface area contributed by atoms with Crippen LogP contribution in [0.1, 0.15) is 11.1 Å². The molecule has 8 heteroatoms. The lowest BCUT2D eigenvalue weighted by Crippen LogP contribution is -2.29. The SMILES string of the molecule is O=C(CNc1ccccc1C(F)(F)F)NCc1ccc2c(c1)OCO2. The highest BCUT2D eigenvalue weighted by atomic mass is 19.4. The van der Waals surface area contributed by atoms with E-state index in [1.807, 2.05) is 0 Å². The van der Waals surface area contributed by atoms with Gasteiger partial charge < -0.3 is 20.1 Å². The molecule has 0 atom stereocenters. The number of nitrogens with one attached hydrogen (secondary N) is 2. The van der Waals surface area contributed by atoms with E-state index < -0.39 is 17.6 Å². The van der Waals surface area contributed by atoms with E-state index in [2.05, 4.69) is 10.6 Å². The fraction of sp³-hybridized carbons (Fsp3) is 0.235. The number of ether oxygens (including phenoxy) is 2. The van der Waals surface area contributed by atoms with Crippen LogP contribution in [0, 0.1) is 0 Å². The maximum Gasteiger partial charge on any atom is 0.418 e. The molecule has 5 nitrogen and oxygen atoms in total. The Kier molecular flexibility index (Phi) is 4.69. The Balaban J connectivity index is 1.54. The van der Waals surface area contributed by atoms with E-state index >= 15 is 0 Å². The van der Waals surface area contributed by atoms with Crippen LogP contribution < -0.4 is 20.1 Å². The van der Waals surface area contributed by atoms with Gasteiger partial charge in [0.05, 0.1) is 12.1 Å². The van der Waals surface area contributed by atoms with Crippen molar-refractivity contribution in [1.82, 2.24) is 5.32 Å². The minimum absolute atomic E-state index is 0.131. The molecule has 1 aliphatic rings. The monoisotopic (exact) mass is 352 g/mol. The number of hydrogen-bond acceptors (Lipinski definition) is 4. The number of rotatable bonds is 5. The Morgan fingerprint density at radius 2 is 1.84 bits per heavy atom. The molecule has 2 aromatic rings. The predicted octanol–water partition coefficient (Wildman–Crippen LogP) is 3.16. The predicted molar refractivity (Wildman–Crippen MR) is 84.3 cm³/mol. The van der Waals surface area contributed by atoms with Gasteiger partial charge in [-0.2, -0.15) is 13.2 Å². The van der Waals surface area contributed by atoms with Gasteiger partial charge in [0.25, 0.3) is 0 Å². The summed E-state index contributed by atoms with van der Waals surface area (Å²) in [6.07, 6.45) is -4.48. The van der Waals surface area contributed by atoms with Crippen LogP contribution in [0.25, 0.3) is 0 Å². The van der Waals surface area contributed by atoms with Crippen LogP contribution in [0.3, 0.4) is 0 Å². The molecule has 25 heavy (non-hydrogen) atoms. The Labute approximate surface area is 141 Å². The number of benzene rings is 2. The van der Waals surface area contributed by atoms with Crippen molar-refractivity contribution in [2.45, 2.75) is 12.7 Å². The van der Waals surface area contributed by atoms with Crippen molar-refractivity contribution in [3.63, 3.8) is 0 Å². The van der Waals surface area contributed by atoms with Crippen LogP contribution in [-0.2, 0) is 17.5 Å². The maximum absolute atomic E-state index is 12.9. The molecule has 3 rings (SSSR count). The van der Waals surface area contributed by atoms with E-state index in [0.29, 0.717) is 11.5 Å². The van der Waals surface area contributed by atoms with Crippen molar-refractivity contribution < 1.29 is 27.4 Å². The van der Waals surface area contributed by atoms with Gasteiger partial charge in [0.15, 0.2) is 11.5 Å². The van der Waals surface area contributed by atoms with Crippen LogP contribution in [0.4, 0.5) is 18.9 Å². The topological polar surface area (TPSA) is 59.6 Å². The Bertz CT molecular complexity index is 778. The second-order valence-electron chi connectivity index (χ2n) is 5.36. The van der Waals surface area contributed by atoms with Crippen LogP contribution >= 0.6 is 0 Å². The number of amides is 1. The molecule has 0 radical (unpaired) electrons. The molecule has 0 aliphatic carbocycles. The number of halogens is 3. The summed E-state index contributed by atoms with van der Waals surface area (Å²) in [6, 6.07) is 10.3. The standard InChI is InChI=1S/C17H15F3N2O3/c18-17(19,20)12-3-1-2-4-13(12)21-9-16(23)22-8-11-5-6-14-15(7-11)25-10-24-14/h1-7,21H,8-10H2,(H,22,23). The summed E-state index contributed by atoms with van der Waals surface area (Å²) in [5.74, 6) is 0.819. The van der Waals surface area contributed by atoms with Crippen molar-refractivity contribution in [1.29, 1.82) is 0 Å². The second-order valence-corrected chi connectivity index (χ2v) is 5.36. The number of hydrogen-bond donors (Lipinski definition) is 2. The molecule has 0 bridgehead atoms. The van der Waals surface area contributed by atoms with Gasteiger partial charge >= 0.3 is 6.18 Å². The zero-order valence-corrected chi connectivity index (χ0v) is 13.0. The molecule has 2 N–H and O–H groups in total. The molecule has 132 valence electrons. The second kappa shape index (κ2) is 6.92. The van der Waals surface area contributed by atoms with Gasteiger partial charge in [0.2, 0.25) is 12.7 Å². The van der Waals surface area contributed by atoms with Crippen molar-refractivity contribution in [3.8, 4) is 11.5 Å². The Morgan fingerprint density at radius 3 is 2.64 bits per heavy atom. The number of anilines is 1. The van der Waals surface area contributed by atoms with Crippen molar-refractivity contribution in [2.24, 2.45) is 0 Å². The summed E-state index contributed by atoms with van der Waals surface area (Å²) in [5.41, 5.74) is -0.139. The summed E-state index contributed by atoms with van der Waals surface area (Å²) < 4.78 is 49.1. The Morgan fingerprint density at radius 1 is 1.08 bits per heavy atom. The van der Waals surface area contributed by atoms with Gasteiger partial charge in [-0.1, -0.05) is 18.2 Å². The summed E-state index contributed by atoms with van der Waals surface area (Å²) in [6.45, 7) is 0.128. The van der Waals surface area contributed by atoms with Gasteiger partial charge in [0, 0.05) is 12.2 Å². The van der Waals surface area contributed by atoms with E-state index in [1.54, 1.807) is 18.2 Å². The molecule has 0 unspecified atom stereocenters. The maximum atomic E-state index is 12.9. The largest absolute Gasteiger partial charge is 0.454 e. The number of carbonyl (C=O) groups excluding carboxylic acids is 1. The average molecular weight is 352 g/mol. The molecule has 0 saturated heterocycles. The summed E-state index contributed by atoms with van der Waals surface area (Å²) >= 11 is 0. The molecule has 1 heterocycles. The van der Waals surface area contributed by atoms with Crippen molar-refractivity contribution in [2.75, 3.05) is 18.7 Å². The molecular formula is C17H15F3N2O3. The highest BCUT2D eigenvalue weighted by Crippen LogP contribution is 2.34. The van der Waals surface area contributed by atoms with Crippen LogP contribution in [0.2, 0.25) is 0 Å². The molecule has 0 saturated carbocycles. The molecule has 0 aromatic heterocycles. The molecule has 2 aromatic carbocycles. The Hall–Kier alpha value is -2.90. The minimum atomic E-state index is -4.48. The molecule has 1 amide bonds. The van der Waals surface area contributed by atoms with Gasteiger partial charge in [0.1, 0.15) is 0 Å². The zero-order valence-electron chi connectivity index (χ0n) is 13.0. The molecule has 1 aliphatic heterocycles. The third-order valence-electron chi connectivity index (χ3n) is 3.60. The number of para-hydroxylation sites is 1. The van der Waals surface area contributed by atoms with Crippen molar-refractivity contribution in [3.05, 3.63) is 53.6 Å². The quantitative estimate of drug-likeness (QED) is 0.868. The molecule has 0 fully saturated rings. The van der Waals surface area contributed by atoms with Crippen LogP contribution in [0.15, 0.2) is 42.5 Å².